The highest BCUT2D eigenvalue weighted by Crippen LogP contribution is 2.38. The third-order valence-corrected chi connectivity index (χ3v) is 4.79. The van der Waals surface area contributed by atoms with Crippen LogP contribution in [-0.4, -0.2) is 65.4 Å². The summed E-state index contributed by atoms with van der Waals surface area (Å²) in [5, 5.41) is 6.77. The predicted octanol–water partition coefficient (Wildman–Crippen LogP) is 2.11. The van der Waals surface area contributed by atoms with E-state index in [2.05, 4.69) is 27.4 Å². The normalized spacial score (nSPS) is 16.1. The van der Waals surface area contributed by atoms with Gasteiger partial charge in [-0.2, -0.15) is 0 Å². The number of likely N-dealkylation sites (tertiary alicyclic amines) is 1. The number of rotatable bonds is 9. The van der Waals surface area contributed by atoms with E-state index in [0.717, 1.165) is 24.6 Å². The summed E-state index contributed by atoms with van der Waals surface area (Å²) in [7, 11) is 6.64. The lowest BCUT2D eigenvalue weighted by molar-refractivity contribution is 0.287. The van der Waals surface area contributed by atoms with Crippen molar-refractivity contribution in [3.63, 3.8) is 0 Å². The first-order valence-electron chi connectivity index (χ1n) is 9.57. The van der Waals surface area contributed by atoms with Gasteiger partial charge in [-0.1, -0.05) is 6.92 Å². The smallest absolute Gasteiger partial charge is 0.203 e. The lowest BCUT2D eigenvalue weighted by Crippen LogP contribution is -2.41. The molecule has 2 N–H and O–H groups in total. The minimum absolute atomic E-state index is 0.572. The lowest BCUT2D eigenvalue weighted by Gasteiger charge is -2.21. The summed E-state index contributed by atoms with van der Waals surface area (Å²) in [6.45, 7) is 7.38. The summed E-state index contributed by atoms with van der Waals surface area (Å²) in [6.07, 6.45) is 2.66. The Hall–Kier alpha value is -2.15. The highest BCUT2D eigenvalue weighted by molar-refractivity contribution is 5.79. The Morgan fingerprint density at radius 2 is 1.70 bits per heavy atom. The van der Waals surface area contributed by atoms with Crippen LogP contribution in [0.1, 0.15) is 25.3 Å². The molecule has 0 aliphatic carbocycles. The van der Waals surface area contributed by atoms with Crippen molar-refractivity contribution in [3.05, 3.63) is 17.7 Å². The molecule has 0 amide bonds. The van der Waals surface area contributed by atoms with Crippen molar-refractivity contribution >= 4 is 5.96 Å². The first kappa shape index (κ1) is 21.2. The van der Waals surface area contributed by atoms with Gasteiger partial charge >= 0.3 is 0 Å². The maximum Gasteiger partial charge on any atom is 0.203 e. The second-order valence-corrected chi connectivity index (χ2v) is 6.95. The fourth-order valence-corrected chi connectivity index (χ4v) is 3.39. The first-order valence-corrected chi connectivity index (χ1v) is 9.57. The second-order valence-electron chi connectivity index (χ2n) is 6.95. The number of nitrogens with zero attached hydrogens (tertiary/aromatic N) is 2. The van der Waals surface area contributed by atoms with Crippen LogP contribution in [0.5, 0.6) is 17.2 Å². The molecule has 0 bridgehead atoms. The quantitative estimate of drug-likeness (QED) is 0.507. The number of hydrogen-bond acceptors (Lipinski definition) is 5. The van der Waals surface area contributed by atoms with Crippen LogP contribution in [-0.2, 0) is 6.54 Å². The van der Waals surface area contributed by atoms with Crippen molar-refractivity contribution < 1.29 is 14.2 Å². The molecule has 1 saturated heterocycles. The number of aliphatic imine (C=N–C) groups is 1. The molecule has 1 atom stereocenters. The van der Waals surface area contributed by atoms with Gasteiger partial charge in [0.15, 0.2) is 17.5 Å². The third-order valence-electron chi connectivity index (χ3n) is 4.79. The number of benzene rings is 1. The van der Waals surface area contributed by atoms with Gasteiger partial charge < -0.3 is 29.7 Å². The van der Waals surface area contributed by atoms with Crippen LogP contribution >= 0.6 is 0 Å². The predicted molar refractivity (Wildman–Crippen MR) is 109 cm³/mol. The van der Waals surface area contributed by atoms with Gasteiger partial charge in [0.2, 0.25) is 5.75 Å². The van der Waals surface area contributed by atoms with E-state index in [1.165, 1.54) is 25.9 Å². The van der Waals surface area contributed by atoms with E-state index in [1.807, 2.05) is 12.1 Å². The minimum Gasteiger partial charge on any atom is -0.493 e. The van der Waals surface area contributed by atoms with Crippen LogP contribution in [0.2, 0.25) is 0 Å². The number of nitrogens with one attached hydrogen (secondary N) is 2. The Morgan fingerprint density at radius 3 is 2.22 bits per heavy atom. The monoisotopic (exact) mass is 378 g/mol. The van der Waals surface area contributed by atoms with Crippen molar-refractivity contribution in [1.29, 1.82) is 0 Å². The first-order chi connectivity index (χ1) is 13.1. The number of guanidine groups is 1. The van der Waals surface area contributed by atoms with Crippen molar-refractivity contribution in [2.45, 2.75) is 26.3 Å². The molecule has 7 heteroatoms. The summed E-state index contributed by atoms with van der Waals surface area (Å²) < 4.78 is 16.2. The maximum atomic E-state index is 5.41. The molecule has 1 aliphatic rings. The van der Waals surface area contributed by atoms with E-state index in [4.69, 9.17) is 14.2 Å². The molecule has 0 radical (unpaired) electrons. The standard InChI is InChI=1S/C20H34N4O3/c1-15(14-24-8-6-7-9-24)12-22-20(21-2)23-13-16-10-17(25-3)19(27-5)18(11-16)26-4/h10-11,15H,6-9,12-14H2,1-5H3,(H2,21,22,23). The molecule has 27 heavy (non-hydrogen) atoms. The average molecular weight is 379 g/mol. The third kappa shape index (κ3) is 6.20. The van der Waals surface area contributed by atoms with Crippen molar-refractivity contribution in [2.75, 3.05) is 54.6 Å². The zero-order valence-corrected chi connectivity index (χ0v) is 17.3. The molecule has 1 aromatic rings. The minimum atomic E-state index is 0.572. The highest BCUT2D eigenvalue weighted by atomic mass is 16.5. The molecular formula is C20H34N4O3. The molecule has 1 unspecified atom stereocenters. The number of ether oxygens (including phenoxy) is 3. The van der Waals surface area contributed by atoms with Gasteiger partial charge in [-0.3, -0.25) is 4.99 Å². The van der Waals surface area contributed by atoms with E-state index in [-0.39, 0.29) is 0 Å². The van der Waals surface area contributed by atoms with Crippen LogP contribution in [0.3, 0.4) is 0 Å². The molecule has 7 nitrogen and oxygen atoms in total. The molecular weight excluding hydrogens is 344 g/mol. The zero-order valence-electron chi connectivity index (χ0n) is 17.3. The van der Waals surface area contributed by atoms with Crippen LogP contribution in [0.15, 0.2) is 17.1 Å². The number of hydrogen-bond donors (Lipinski definition) is 2. The largest absolute Gasteiger partial charge is 0.493 e. The molecule has 1 aromatic carbocycles. The van der Waals surface area contributed by atoms with Gasteiger partial charge in [0.05, 0.1) is 21.3 Å². The van der Waals surface area contributed by atoms with E-state index >= 15 is 0 Å². The lowest BCUT2D eigenvalue weighted by atomic mass is 10.1. The van der Waals surface area contributed by atoms with Crippen LogP contribution in [0.4, 0.5) is 0 Å². The van der Waals surface area contributed by atoms with Gasteiger partial charge in [0.1, 0.15) is 0 Å². The summed E-state index contributed by atoms with van der Waals surface area (Å²) >= 11 is 0. The SMILES string of the molecule is CN=C(NCc1cc(OC)c(OC)c(OC)c1)NCC(C)CN1CCCC1. The molecule has 1 aliphatic heterocycles. The molecule has 2 rings (SSSR count). The zero-order chi connectivity index (χ0) is 19.6. The Morgan fingerprint density at radius 1 is 1.07 bits per heavy atom. The highest BCUT2D eigenvalue weighted by Gasteiger charge is 2.15. The van der Waals surface area contributed by atoms with Gasteiger partial charge in [-0.15, -0.1) is 0 Å². The van der Waals surface area contributed by atoms with Crippen LogP contribution < -0.4 is 24.8 Å². The Balaban J connectivity index is 1.87. The van der Waals surface area contributed by atoms with Crippen molar-refractivity contribution in [2.24, 2.45) is 10.9 Å². The van der Waals surface area contributed by atoms with Gasteiger partial charge in [-0.25, -0.2) is 0 Å². The van der Waals surface area contributed by atoms with E-state index in [0.29, 0.717) is 29.7 Å². The maximum absolute atomic E-state index is 5.41. The van der Waals surface area contributed by atoms with Crippen LogP contribution in [0, 0.1) is 5.92 Å². The summed E-state index contributed by atoms with van der Waals surface area (Å²) in [4.78, 5) is 6.86. The molecule has 0 aromatic heterocycles. The van der Waals surface area contributed by atoms with Crippen LogP contribution in [0.25, 0.3) is 0 Å². The average Bonchev–Trinajstić information content (AvgIpc) is 3.19. The van der Waals surface area contributed by atoms with Gasteiger partial charge in [0, 0.05) is 26.7 Å². The van der Waals surface area contributed by atoms with E-state index < -0.39 is 0 Å². The van der Waals surface area contributed by atoms with Gasteiger partial charge in [-0.05, 0) is 49.5 Å². The van der Waals surface area contributed by atoms with Crippen molar-refractivity contribution in [3.8, 4) is 17.2 Å². The fourth-order valence-electron chi connectivity index (χ4n) is 3.39. The topological polar surface area (TPSA) is 67.4 Å². The fraction of sp³-hybridized carbons (Fsp3) is 0.650. The molecule has 1 fully saturated rings. The molecule has 1 heterocycles. The second kappa shape index (κ2) is 10.9. The summed E-state index contributed by atoms with van der Waals surface area (Å²) in [6, 6.07) is 3.88. The van der Waals surface area contributed by atoms with E-state index in [1.54, 1.807) is 28.4 Å². The van der Waals surface area contributed by atoms with Gasteiger partial charge in [0.25, 0.3) is 0 Å². The summed E-state index contributed by atoms with van der Waals surface area (Å²) in [5.74, 6) is 3.26. The Labute approximate surface area is 163 Å². The molecule has 0 saturated carbocycles. The van der Waals surface area contributed by atoms with Crippen molar-refractivity contribution in [1.82, 2.24) is 15.5 Å². The summed E-state index contributed by atoms with van der Waals surface area (Å²) in [5.41, 5.74) is 1.03. The van der Waals surface area contributed by atoms with E-state index in [9.17, 15) is 0 Å². The molecule has 0 spiro atoms. The Kier molecular flexibility index (Phi) is 8.51. The number of methoxy groups -OCH3 is 3. The Bertz CT molecular complexity index is 590. The molecule has 152 valence electrons.